The molecule has 2 heterocycles. The lowest BCUT2D eigenvalue weighted by molar-refractivity contribution is -0.115. The van der Waals surface area contributed by atoms with Crippen LogP contribution in [0.3, 0.4) is 0 Å². The fourth-order valence-corrected chi connectivity index (χ4v) is 3.32. The predicted molar refractivity (Wildman–Crippen MR) is 103 cm³/mol. The van der Waals surface area contributed by atoms with Crippen molar-refractivity contribution in [1.82, 2.24) is 19.6 Å². The van der Waals surface area contributed by atoms with Gasteiger partial charge in [0.15, 0.2) is 0 Å². The van der Waals surface area contributed by atoms with E-state index in [-0.39, 0.29) is 12.3 Å². The summed E-state index contributed by atoms with van der Waals surface area (Å²) in [5.74, 6) is 0.491. The molecule has 130 valence electrons. The molecule has 3 aromatic rings. The topological polar surface area (TPSA) is 72.2 Å². The number of benzene rings is 1. The Morgan fingerprint density at radius 3 is 2.48 bits per heavy atom. The van der Waals surface area contributed by atoms with Gasteiger partial charge in [0, 0.05) is 27.5 Å². The number of hydrogen-bond donors (Lipinski definition) is 1. The molecule has 0 fully saturated rings. The van der Waals surface area contributed by atoms with Crippen molar-refractivity contribution in [3.8, 4) is 0 Å². The molecule has 0 aliphatic rings. The monoisotopic (exact) mass is 373 g/mol. The summed E-state index contributed by atoms with van der Waals surface area (Å²) in [5.41, 5.74) is 3.36. The Bertz CT molecular complexity index is 921. The Morgan fingerprint density at radius 1 is 1.12 bits per heavy atom. The number of hydrogen-bond acceptors (Lipinski definition) is 6. The van der Waals surface area contributed by atoms with Gasteiger partial charge in [-0.15, -0.1) is 16.9 Å². The van der Waals surface area contributed by atoms with Crippen LogP contribution >= 0.6 is 23.5 Å². The number of carbonyl (C=O) groups excluding carboxylic acids is 1. The van der Waals surface area contributed by atoms with Crippen molar-refractivity contribution in [2.45, 2.75) is 30.3 Å². The molecular weight excluding hydrogens is 354 g/mol. The van der Waals surface area contributed by atoms with Crippen LogP contribution in [0.2, 0.25) is 0 Å². The molecule has 0 unspecified atom stereocenters. The lowest BCUT2D eigenvalue weighted by Gasteiger charge is -2.11. The van der Waals surface area contributed by atoms with E-state index in [0.29, 0.717) is 10.9 Å². The largest absolute Gasteiger partial charge is 0.326 e. The molecule has 0 radical (unpaired) electrons. The van der Waals surface area contributed by atoms with E-state index in [0.717, 1.165) is 27.5 Å². The molecular formula is C17H19N5OS2. The van der Waals surface area contributed by atoms with E-state index >= 15 is 0 Å². The third kappa shape index (κ3) is 3.80. The van der Waals surface area contributed by atoms with Crippen molar-refractivity contribution in [3.05, 3.63) is 41.2 Å². The van der Waals surface area contributed by atoms with E-state index in [2.05, 4.69) is 20.4 Å². The number of carbonyl (C=O) groups is 1. The highest BCUT2D eigenvalue weighted by Crippen LogP contribution is 2.19. The predicted octanol–water partition coefficient (Wildman–Crippen LogP) is 3.37. The molecule has 2 aromatic heterocycles. The third-order valence-corrected chi connectivity index (χ3v) is 5.20. The number of anilines is 1. The summed E-state index contributed by atoms with van der Waals surface area (Å²) in [7, 11) is 0. The van der Waals surface area contributed by atoms with Crippen LogP contribution in [-0.2, 0) is 11.2 Å². The smallest absolute Gasteiger partial charge is 0.253 e. The van der Waals surface area contributed by atoms with E-state index in [1.165, 1.54) is 11.8 Å². The zero-order valence-electron chi connectivity index (χ0n) is 14.5. The Morgan fingerprint density at radius 2 is 1.84 bits per heavy atom. The number of amides is 1. The van der Waals surface area contributed by atoms with Gasteiger partial charge < -0.3 is 5.32 Å². The summed E-state index contributed by atoms with van der Waals surface area (Å²) in [6.07, 6.45) is 4.20. The van der Waals surface area contributed by atoms with E-state index in [4.69, 9.17) is 0 Å². The molecule has 0 bridgehead atoms. The first-order valence-electron chi connectivity index (χ1n) is 7.72. The molecule has 0 aliphatic heterocycles. The van der Waals surface area contributed by atoms with Crippen LogP contribution in [0.15, 0.2) is 34.3 Å². The summed E-state index contributed by atoms with van der Waals surface area (Å²) < 4.78 is 1.70. The van der Waals surface area contributed by atoms with Gasteiger partial charge in [-0.05, 0) is 50.6 Å². The van der Waals surface area contributed by atoms with Gasteiger partial charge in [0.1, 0.15) is 0 Å². The number of rotatable bonds is 5. The SMILES string of the molecule is CSc1ccc(NC(=O)Cc2c(C)nc3nc(SC)nn3c2C)cc1. The highest BCUT2D eigenvalue weighted by Gasteiger charge is 2.16. The Kier molecular flexibility index (Phi) is 5.29. The molecule has 1 amide bonds. The van der Waals surface area contributed by atoms with Gasteiger partial charge in [-0.3, -0.25) is 4.79 Å². The van der Waals surface area contributed by atoms with Crippen LogP contribution in [0.1, 0.15) is 17.0 Å². The van der Waals surface area contributed by atoms with Crippen molar-refractivity contribution < 1.29 is 4.79 Å². The lowest BCUT2D eigenvalue weighted by atomic mass is 10.1. The first-order chi connectivity index (χ1) is 12.0. The van der Waals surface area contributed by atoms with Crippen LogP contribution in [0.25, 0.3) is 5.78 Å². The Labute approximate surface area is 154 Å². The Balaban J connectivity index is 1.82. The zero-order chi connectivity index (χ0) is 18.0. The molecule has 0 atom stereocenters. The molecule has 3 rings (SSSR count). The summed E-state index contributed by atoms with van der Waals surface area (Å²) in [6, 6.07) is 7.80. The van der Waals surface area contributed by atoms with Crippen molar-refractivity contribution in [2.24, 2.45) is 0 Å². The molecule has 0 spiro atoms. The number of thioether (sulfide) groups is 2. The van der Waals surface area contributed by atoms with Gasteiger partial charge in [0.2, 0.25) is 11.1 Å². The van der Waals surface area contributed by atoms with Crippen LogP contribution in [0.5, 0.6) is 0 Å². The van der Waals surface area contributed by atoms with Gasteiger partial charge >= 0.3 is 0 Å². The molecule has 1 aromatic carbocycles. The fraction of sp³-hybridized carbons (Fsp3) is 0.294. The van der Waals surface area contributed by atoms with Gasteiger partial charge in [-0.25, -0.2) is 9.50 Å². The average molecular weight is 374 g/mol. The van der Waals surface area contributed by atoms with Crippen molar-refractivity contribution in [2.75, 3.05) is 17.8 Å². The van der Waals surface area contributed by atoms with E-state index < -0.39 is 0 Å². The maximum Gasteiger partial charge on any atom is 0.253 e. The average Bonchev–Trinajstić information content (AvgIpc) is 3.02. The van der Waals surface area contributed by atoms with Crippen LogP contribution in [0, 0.1) is 13.8 Å². The molecule has 1 N–H and O–H groups in total. The first kappa shape index (κ1) is 17.8. The van der Waals surface area contributed by atoms with Gasteiger partial charge in [0.25, 0.3) is 5.78 Å². The maximum atomic E-state index is 12.4. The summed E-state index contributed by atoms with van der Waals surface area (Å²) in [6.45, 7) is 3.84. The second kappa shape index (κ2) is 7.45. The minimum atomic E-state index is -0.0746. The summed E-state index contributed by atoms with van der Waals surface area (Å²) in [5, 5.41) is 8.02. The van der Waals surface area contributed by atoms with E-state index in [1.54, 1.807) is 16.3 Å². The maximum absolute atomic E-state index is 12.4. The van der Waals surface area contributed by atoms with Gasteiger partial charge in [-0.1, -0.05) is 11.8 Å². The van der Waals surface area contributed by atoms with Gasteiger partial charge in [-0.2, -0.15) is 4.98 Å². The summed E-state index contributed by atoms with van der Waals surface area (Å²) >= 11 is 3.14. The molecule has 25 heavy (non-hydrogen) atoms. The molecule has 0 saturated heterocycles. The van der Waals surface area contributed by atoms with Crippen molar-refractivity contribution in [3.63, 3.8) is 0 Å². The van der Waals surface area contributed by atoms with E-state index in [9.17, 15) is 4.79 Å². The van der Waals surface area contributed by atoms with Gasteiger partial charge in [0.05, 0.1) is 6.42 Å². The van der Waals surface area contributed by atoms with Crippen LogP contribution < -0.4 is 5.32 Å². The van der Waals surface area contributed by atoms with E-state index in [1.807, 2.05) is 50.6 Å². The van der Waals surface area contributed by atoms with Crippen LogP contribution in [0.4, 0.5) is 5.69 Å². The molecule has 0 saturated carbocycles. The third-order valence-electron chi connectivity index (χ3n) is 3.92. The number of nitrogens with zero attached hydrogens (tertiary/aromatic N) is 4. The summed E-state index contributed by atoms with van der Waals surface area (Å²) in [4.78, 5) is 22.4. The molecule has 0 aliphatic carbocycles. The highest BCUT2D eigenvalue weighted by molar-refractivity contribution is 7.98. The fourth-order valence-electron chi connectivity index (χ4n) is 2.57. The second-order valence-corrected chi connectivity index (χ2v) is 7.18. The number of nitrogens with one attached hydrogen (secondary N) is 1. The van der Waals surface area contributed by atoms with Crippen molar-refractivity contribution >= 4 is 40.9 Å². The normalized spacial score (nSPS) is 11.0. The van der Waals surface area contributed by atoms with Crippen molar-refractivity contribution in [1.29, 1.82) is 0 Å². The number of fused-ring (bicyclic) bond motifs is 1. The number of aryl methyl sites for hydroxylation is 2. The lowest BCUT2D eigenvalue weighted by Crippen LogP contribution is -2.17. The number of aromatic nitrogens is 4. The first-order valence-corrected chi connectivity index (χ1v) is 10.2. The Hall–Kier alpha value is -2.06. The quantitative estimate of drug-likeness (QED) is 0.692. The molecule has 6 nitrogen and oxygen atoms in total. The standard InChI is InChI=1S/C17H19N5OS2/c1-10-14(11(2)22-16(18-10)20-17(21-22)25-4)9-15(23)19-12-5-7-13(24-3)8-6-12/h5-8H,9H2,1-4H3,(H,19,23). The zero-order valence-corrected chi connectivity index (χ0v) is 16.2. The minimum absolute atomic E-state index is 0.0746. The minimum Gasteiger partial charge on any atom is -0.326 e. The molecule has 8 heteroatoms. The van der Waals surface area contributed by atoms with Crippen LogP contribution in [-0.4, -0.2) is 38.0 Å². The second-order valence-electron chi connectivity index (χ2n) is 5.52. The highest BCUT2D eigenvalue weighted by atomic mass is 32.2.